The van der Waals surface area contributed by atoms with Gasteiger partial charge in [0.25, 0.3) is 0 Å². The maximum atomic E-state index is 11.3. The van der Waals surface area contributed by atoms with Crippen LogP contribution < -0.4 is 4.90 Å². The van der Waals surface area contributed by atoms with E-state index in [1.165, 1.54) is 6.26 Å². The van der Waals surface area contributed by atoms with Gasteiger partial charge in [-0.05, 0) is 31.2 Å². The Morgan fingerprint density at radius 3 is 2.67 bits per heavy atom. The van der Waals surface area contributed by atoms with Gasteiger partial charge in [0.1, 0.15) is 9.84 Å². The van der Waals surface area contributed by atoms with Crippen molar-refractivity contribution < 1.29 is 8.42 Å². The summed E-state index contributed by atoms with van der Waals surface area (Å²) in [7, 11) is -2.90. The smallest absolute Gasteiger partial charge is 0.225 e. The summed E-state index contributed by atoms with van der Waals surface area (Å²) >= 11 is 0. The number of anilines is 1. The molecular formula is C12H19N3O2S. The molecule has 1 fully saturated rings. The van der Waals surface area contributed by atoms with Crippen LogP contribution in [0.4, 0.5) is 5.95 Å². The predicted molar refractivity (Wildman–Crippen MR) is 71.4 cm³/mol. The minimum absolute atomic E-state index is 0.193. The average molecular weight is 269 g/mol. The number of sulfone groups is 1. The Kier molecular flexibility index (Phi) is 3.85. The Hall–Kier alpha value is -1.17. The Morgan fingerprint density at radius 2 is 2.06 bits per heavy atom. The predicted octanol–water partition coefficient (Wildman–Crippen LogP) is 1.05. The van der Waals surface area contributed by atoms with Gasteiger partial charge in [-0.2, -0.15) is 0 Å². The lowest BCUT2D eigenvalue weighted by Crippen LogP contribution is -2.39. The lowest BCUT2D eigenvalue weighted by atomic mass is 10.0. The van der Waals surface area contributed by atoms with Gasteiger partial charge >= 0.3 is 0 Å². The molecule has 0 aromatic carbocycles. The molecule has 18 heavy (non-hydrogen) atoms. The molecule has 0 amide bonds. The molecule has 100 valence electrons. The molecule has 2 rings (SSSR count). The zero-order valence-electron chi connectivity index (χ0n) is 10.8. The number of hydrogen-bond acceptors (Lipinski definition) is 5. The lowest BCUT2D eigenvalue weighted by molar-refractivity contribution is 0.440. The maximum Gasteiger partial charge on any atom is 0.225 e. The molecule has 1 saturated heterocycles. The van der Waals surface area contributed by atoms with Crippen LogP contribution in [-0.2, 0) is 9.84 Å². The molecular weight excluding hydrogens is 250 g/mol. The molecule has 0 radical (unpaired) electrons. The summed E-state index contributed by atoms with van der Waals surface area (Å²) in [5, 5.41) is 0. The van der Waals surface area contributed by atoms with Gasteiger partial charge < -0.3 is 4.90 Å². The third-order valence-electron chi connectivity index (χ3n) is 3.11. The van der Waals surface area contributed by atoms with Crippen molar-refractivity contribution in [2.75, 3.05) is 30.0 Å². The van der Waals surface area contributed by atoms with E-state index in [0.29, 0.717) is 5.95 Å². The Bertz CT molecular complexity index is 499. The number of nitrogens with zero attached hydrogens (tertiary/aromatic N) is 3. The van der Waals surface area contributed by atoms with Gasteiger partial charge in [0.2, 0.25) is 5.95 Å². The summed E-state index contributed by atoms with van der Waals surface area (Å²) in [6, 6.07) is 0. The van der Waals surface area contributed by atoms with Crippen LogP contribution in [0.1, 0.15) is 18.4 Å². The van der Waals surface area contributed by atoms with Crippen molar-refractivity contribution in [1.82, 2.24) is 9.97 Å². The van der Waals surface area contributed by atoms with E-state index >= 15 is 0 Å². The fraction of sp³-hybridized carbons (Fsp3) is 0.667. The van der Waals surface area contributed by atoms with Crippen LogP contribution in [0, 0.1) is 12.8 Å². The monoisotopic (exact) mass is 269 g/mol. The van der Waals surface area contributed by atoms with Crippen molar-refractivity contribution in [1.29, 1.82) is 0 Å². The standard InChI is InChI=1S/C12H19N3O2S/c1-10-6-13-12(14-7-10)15-5-3-4-11(8-15)9-18(2,16)17/h6-7,11H,3-5,8-9H2,1-2H3. The van der Waals surface area contributed by atoms with E-state index in [-0.39, 0.29) is 11.7 Å². The SMILES string of the molecule is Cc1cnc(N2CCCC(CS(C)(=O)=O)C2)nc1. The van der Waals surface area contributed by atoms with E-state index in [1.807, 2.05) is 6.92 Å². The molecule has 5 nitrogen and oxygen atoms in total. The van der Waals surface area contributed by atoms with Crippen LogP contribution in [0.2, 0.25) is 0 Å². The van der Waals surface area contributed by atoms with Crippen molar-refractivity contribution in [2.24, 2.45) is 5.92 Å². The molecule has 1 aliphatic heterocycles. The number of aryl methyl sites for hydroxylation is 1. The number of rotatable bonds is 3. The van der Waals surface area contributed by atoms with Crippen LogP contribution in [0.5, 0.6) is 0 Å². The zero-order chi connectivity index (χ0) is 13.2. The van der Waals surface area contributed by atoms with Crippen molar-refractivity contribution in [3.8, 4) is 0 Å². The van der Waals surface area contributed by atoms with Crippen LogP contribution in [0.3, 0.4) is 0 Å². The fourth-order valence-electron chi connectivity index (χ4n) is 2.36. The van der Waals surface area contributed by atoms with E-state index in [1.54, 1.807) is 12.4 Å². The molecule has 2 heterocycles. The molecule has 6 heteroatoms. The number of piperidine rings is 1. The molecule has 1 atom stereocenters. The molecule has 0 N–H and O–H groups in total. The second-order valence-electron chi connectivity index (χ2n) is 5.11. The molecule has 0 bridgehead atoms. The quantitative estimate of drug-likeness (QED) is 0.820. The molecule has 0 aliphatic carbocycles. The number of hydrogen-bond donors (Lipinski definition) is 0. The van der Waals surface area contributed by atoms with Gasteiger partial charge in [0.05, 0.1) is 5.75 Å². The van der Waals surface area contributed by atoms with E-state index in [0.717, 1.165) is 31.5 Å². The maximum absolute atomic E-state index is 11.3. The van der Waals surface area contributed by atoms with Crippen molar-refractivity contribution >= 4 is 15.8 Å². The summed E-state index contributed by atoms with van der Waals surface area (Å²) in [6.45, 7) is 3.59. The van der Waals surface area contributed by atoms with Crippen molar-refractivity contribution in [3.63, 3.8) is 0 Å². The summed E-state index contributed by atoms with van der Waals surface area (Å²) in [5.74, 6) is 1.16. The van der Waals surface area contributed by atoms with Gasteiger partial charge in [0, 0.05) is 31.7 Å². The van der Waals surface area contributed by atoms with Gasteiger partial charge in [-0.25, -0.2) is 18.4 Å². The first-order chi connectivity index (χ1) is 8.44. The second-order valence-corrected chi connectivity index (χ2v) is 7.29. The van der Waals surface area contributed by atoms with E-state index < -0.39 is 9.84 Å². The second kappa shape index (κ2) is 5.22. The lowest BCUT2D eigenvalue weighted by Gasteiger charge is -2.32. The molecule has 1 aromatic heterocycles. The van der Waals surface area contributed by atoms with Gasteiger partial charge in [-0.3, -0.25) is 0 Å². The minimum Gasteiger partial charge on any atom is -0.341 e. The van der Waals surface area contributed by atoms with Crippen molar-refractivity contribution in [2.45, 2.75) is 19.8 Å². The Morgan fingerprint density at radius 1 is 1.39 bits per heavy atom. The molecule has 1 aliphatic rings. The van der Waals surface area contributed by atoms with Gasteiger partial charge in [0.15, 0.2) is 0 Å². The van der Waals surface area contributed by atoms with E-state index in [4.69, 9.17) is 0 Å². The highest BCUT2D eigenvalue weighted by atomic mass is 32.2. The van der Waals surface area contributed by atoms with Gasteiger partial charge in [-0.1, -0.05) is 0 Å². The Labute approximate surface area is 108 Å². The first-order valence-corrected chi connectivity index (χ1v) is 8.21. The van der Waals surface area contributed by atoms with E-state index in [2.05, 4.69) is 14.9 Å². The zero-order valence-corrected chi connectivity index (χ0v) is 11.7. The van der Waals surface area contributed by atoms with Crippen LogP contribution in [0.15, 0.2) is 12.4 Å². The normalized spacial score (nSPS) is 21.0. The van der Waals surface area contributed by atoms with Crippen LogP contribution in [-0.4, -0.2) is 43.5 Å². The molecule has 1 aromatic rings. The largest absolute Gasteiger partial charge is 0.341 e. The first-order valence-electron chi connectivity index (χ1n) is 6.15. The average Bonchev–Trinajstić information content (AvgIpc) is 2.28. The highest BCUT2D eigenvalue weighted by Gasteiger charge is 2.24. The third-order valence-corrected chi connectivity index (χ3v) is 4.18. The van der Waals surface area contributed by atoms with Crippen LogP contribution >= 0.6 is 0 Å². The number of aromatic nitrogens is 2. The Balaban J connectivity index is 2.04. The fourth-order valence-corrected chi connectivity index (χ4v) is 3.49. The summed E-state index contributed by atoms with van der Waals surface area (Å²) < 4.78 is 22.7. The summed E-state index contributed by atoms with van der Waals surface area (Å²) in [6.07, 6.45) is 6.85. The van der Waals surface area contributed by atoms with Gasteiger partial charge in [-0.15, -0.1) is 0 Å². The highest BCUT2D eigenvalue weighted by Crippen LogP contribution is 2.21. The summed E-state index contributed by atoms with van der Waals surface area (Å²) in [5.41, 5.74) is 1.03. The third kappa shape index (κ3) is 3.66. The molecule has 0 spiro atoms. The molecule has 1 unspecified atom stereocenters. The first kappa shape index (κ1) is 13.3. The highest BCUT2D eigenvalue weighted by molar-refractivity contribution is 7.90. The molecule has 0 saturated carbocycles. The van der Waals surface area contributed by atoms with Crippen LogP contribution in [0.25, 0.3) is 0 Å². The topological polar surface area (TPSA) is 63.2 Å². The van der Waals surface area contributed by atoms with E-state index in [9.17, 15) is 8.42 Å². The van der Waals surface area contributed by atoms with Crippen molar-refractivity contribution in [3.05, 3.63) is 18.0 Å². The summed E-state index contributed by atoms with van der Waals surface area (Å²) in [4.78, 5) is 10.7. The minimum atomic E-state index is -2.90.